The van der Waals surface area contributed by atoms with E-state index in [1.54, 1.807) is 6.92 Å². The summed E-state index contributed by atoms with van der Waals surface area (Å²) in [5.74, 6) is 0.0713. The van der Waals surface area contributed by atoms with Gasteiger partial charge in [-0.2, -0.15) is 4.98 Å². The topological polar surface area (TPSA) is 146 Å². The molecule has 4 N–H and O–H groups in total. The molecule has 0 amide bonds. The van der Waals surface area contributed by atoms with Crippen LogP contribution >= 0.6 is 7.82 Å². The molecular weight excluding hydrogens is 317 g/mol. The van der Waals surface area contributed by atoms with Gasteiger partial charge < -0.3 is 20.5 Å². The van der Waals surface area contributed by atoms with Crippen molar-refractivity contribution in [2.24, 2.45) is 0 Å². The molecule has 0 aliphatic carbocycles. The second-order valence-corrected chi connectivity index (χ2v) is 6.03. The van der Waals surface area contributed by atoms with Crippen LogP contribution in [0, 0.1) is 0 Å². The minimum absolute atomic E-state index is 0.00405. The largest absolute Gasteiger partial charge is 0.472 e. The molecule has 11 heteroatoms. The molecule has 0 radical (unpaired) electrons. The lowest BCUT2D eigenvalue weighted by atomic mass is 10.2. The predicted octanol–water partition coefficient (Wildman–Crippen LogP) is -0.373. The smallest absolute Gasteiger partial charge is 0.394 e. The first-order chi connectivity index (χ1) is 10.4. The average Bonchev–Trinajstić information content (AvgIpc) is 2.80. The maximum atomic E-state index is 11.8. The third-order valence-electron chi connectivity index (χ3n) is 3.08. The molecular formula is C11H18N3O7P. The monoisotopic (exact) mass is 335 g/mol. The number of hydrogen-bond acceptors (Lipinski definition) is 8. The number of phosphoric ester groups is 1. The van der Waals surface area contributed by atoms with Crippen molar-refractivity contribution in [3.05, 3.63) is 22.7 Å². The first kappa shape index (κ1) is 17.1. The van der Waals surface area contributed by atoms with E-state index in [0.29, 0.717) is 0 Å². The van der Waals surface area contributed by atoms with Gasteiger partial charge in [-0.3, -0.25) is 13.6 Å². The predicted molar refractivity (Wildman–Crippen MR) is 74.8 cm³/mol. The standard InChI is InChI=1S/C11H18N3O7P/c1-2-19-22(17,18)21-7-5-10(20-8(7)6-15)14-4-3-9(12)13-11(14)16/h3-4,7-8,10,15H,2,5-6H2,1H3,(H,17,18)(H2,12,13,16)/t7-,8+,10+/m0/s1. The van der Waals surface area contributed by atoms with E-state index in [0.717, 1.165) is 0 Å². The van der Waals surface area contributed by atoms with Gasteiger partial charge in [-0.25, -0.2) is 9.36 Å². The quantitative estimate of drug-likeness (QED) is 0.592. The Hall–Kier alpha value is -1.29. The van der Waals surface area contributed by atoms with Gasteiger partial charge in [-0.1, -0.05) is 0 Å². The number of aromatic nitrogens is 2. The summed E-state index contributed by atoms with van der Waals surface area (Å²) < 4.78 is 27.9. The summed E-state index contributed by atoms with van der Waals surface area (Å²) in [5, 5.41) is 9.30. The summed E-state index contributed by atoms with van der Waals surface area (Å²) in [5.41, 5.74) is 4.78. The van der Waals surface area contributed by atoms with Gasteiger partial charge in [0.1, 0.15) is 24.3 Å². The van der Waals surface area contributed by atoms with Crippen LogP contribution < -0.4 is 11.4 Å². The summed E-state index contributed by atoms with van der Waals surface area (Å²) >= 11 is 0. The Balaban J connectivity index is 2.15. The number of anilines is 1. The molecule has 1 unspecified atom stereocenters. The third-order valence-corrected chi connectivity index (χ3v) is 4.20. The van der Waals surface area contributed by atoms with Crippen molar-refractivity contribution >= 4 is 13.6 Å². The first-order valence-corrected chi connectivity index (χ1v) is 8.12. The van der Waals surface area contributed by atoms with Crippen molar-refractivity contribution in [1.82, 2.24) is 9.55 Å². The fourth-order valence-electron chi connectivity index (χ4n) is 2.16. The Morgan fingerprint density at radius 2 is 2.36 bits per heavy atom. The number of ether oxygens (including phenoxy) is 1. The van der Waals surface area contributed by atoms with E-state index in [-0.39, 0.29) is 18.8 Å². The lowest BCUT2D eigenvalue weighted by Gasteiger charge is -2.19. The lowest BCUT2D eigenvalue weighted by molar-refractivity contribution is -0.0462. The number of nitrogen functional groups attached to an aromatic ring is 1. The van der Waals surface area contributed by atoms with Crippen LogP contribution in [0.5, 0.6) is 0 Å². The van der Waals surface area contributed by atoms with Crippen LogP contribution in [0.15, 0.2) is 17.1 Å². The third kappa shape index (κ3) is 3.92. The summed E-state index contributed by atoms with van der Waals surface area (Å²) in [6.07, 6.45) is -1.08. The van der Waals surface area contributed by atoms with Crippen molar-refractivity contribution in [3.63, 3.8) is 0 Å². The molecule has 4 atom stereocenters. The Bertz CT molecular complexity index is 622. The molecule has 0 saturated carbocycles. The highest BCUT2D eigenvalue weighted by Crippen LogP contribution is 2.47. The van der Waals surface area contributed by atoms with Gasteiger partial charge in [0.05, 0.1) is 13.2 Å². The van der Waals surface area contributed by atoms with E-state index in [2.05, 4.69) is 9.51 Å². The minimum Gasteiger partial charge on any atom is -0.394 e. The normalized spacial score (nSPS) is 27.7. The van der Waals surface area contributed by atoms with Crippen molar-refractivity contribution in [2.75, 3.05) is 18.9 Å². The van der Waals surface area contributed by atoms with Gasteiger partial charge in [0, 0.05) is 12.6 Å². The number of nitrogens with zero attached hydrogens (tertiary/aromatic N) is 2. The summed E-state index contributed by atoms with van der Waals surface area (Å²) in [6.45, 7) is 1.10. The molecule has 22 heavy (non-hydrogen) atoms. The van der Waals surface area contributed by atoms with Gasteiger partial charge in [0.25, 0.3) is 0 Å². The van der Waals surface area contributed by atoms with Crippen molar-refractivity contribution in [2.45, 2.75) is 31.8 Å². The van der Waals surface area contributed by atoms with Crippen LogP contribution in [-0.4, -0.2) is 45.0 Å². The van der Waals surface area contributed by atoms with E-state index in [4.69, 9.17) is 15.0 Å². The molecule has 0 aromatic carbocycles. The molecule has 1 aliphatic heterocycles. The number of rotatable bonds is 6. The van der Waals surface area contributed by atoms with Crippen molar-refractivity contribution < 1.29 is 28.3 Å². The molecule has 2 rings (SSSR count). The highest BCUT2D eigenvalue weighted by atomic mass is 31.2. The van der Waals surface area contributed by atoms with E-state index in [9.17, 15) is 19.4 Å². The second kappa shape index (κ2) is 6.86. The zero-order valence-electron chi connectivity index (χ0n) is 11.9. The molecule has 1 saturated heterocycles. The average molecular weight is 335 g/mol. The Kier molecular flexibility index (Phi) is 5.32. The van der Waals surface area contributed by atoms with Crippen molar-refractivity contribution in [1.29, 1.82) is 0 Å². The molecule has 2 heterocycles. The number of aliphatic hydroxyl groups is 1. The van der Waals surface area contributed by atoms with E-state index in [1.165, 1.54) is 16.8 Å². The maximum Gasteiger partial charge on any atom is 0.472 e. The van der Waals surface area contributed by atoms with Crippen LogP contribution in [0.2, 0.25) is 0 Å². The highest BCUT2D eigenvalue weighted by molar-refractivity contribution is 7.47. The molecule has 0 spiro atoms. The molecule has 1 aliphatic rings. The molecule has 124 valence electrons. The van der Waals surface area contributed by atoms with Crippen molar-refractivity contribution in [3.8, 4) is 0 Å². The van der Waals surface area contributed by atoms with Crippen LogP contribution in [0.25, 0.3) is 0 Å². The highest BCUT2D eigenvalue weighted by Gasteiger charge is 2.41. The SMILES string of the molecule is CCOP(=O)(O)O[C@H]1C[C@H](n2ccc(N)nc2=O)O[C@@H]1CO. The molecule has 1 aromatic heterocycles. The molecule has 10 nitrogen and oxygen atoms in total. The van der Waals surface area contributed by atoms with Gasteiger partial charge in [-0.15, -0.1) is 0 Å². The van der Waals surface area contributed by atoms with Crippen LogP contribution in [0.3, 0.4) is 0 Å². The molecule has 0 bridgehead atoms. The van der Waals surface area contributed by atoms with Crippen LogP contribution in [0.4, 0.5) is 5.82 Å². The summed E-state index contributed by atoms with van der Waals surface area (Å²) in [4.78, 5) is 24.9. The van der Waals surface area contributed by atoms with Crippen LogP contribution in [-0.2, 0) is 18.3 Å². The zero-order valence-corrected chi connectivity index (χ0v) is 12.8. The van der Waals surface area contributed by atoms with Gasteiger partial charge in [0.2, 0.25) is 0 Å². The fourth-order valence-corrected chi connectivity index (χ4v) is 3.11. The zero-order chi connectivity index (χ0) is 16.3. The number of nitrogens with two attached hydrogens (primary N) is 1. The first-order valence-electron chi connectivity index (χ1n) is 6.63. The second-order valence-electron chi connectivity index (χ2n) is 4.62. The Morgan fingerprint density at radius 3 is 2.95 bits per heavy atom. The van der Waals surface area contributed by atoms with Gasteiger partial charge in [-0.05, 0) is 13.0 Å². The van der Waals surface area contributed by atoms with Gasteiger partial charge >= 0.3 is 13.5 Å². The number of aliphatic hydroxyl groups excluding tert-OH is 1. The molecule has 1 fully saturated rings. The van der Waals surface area contributed by atoms with E-state index < -0.39 is 38.6 Å². The number of hydrogen-bond donors (Lipinski definition) is 3. The fraction of sp³-hybridized carbons (Fsp3) is 0.636. The number of phosphoric acid groups is 1. The van der Waals surface area contributed by atoms with E-state index in [1.807, 2.05) is 0 Å². The van der Waals surface area contributed by atoms with Crippen LogP contribution in [0.1, 0.15) is 19.6 Å². The molecule has 1 aromatic rings. The summed E-state index contributed by atoms with van der Waals surface area (Å²) in [7, 11) is -4.24. The minimum atomic E-state index is -4.24. The maximum absolute atomic E-state index is 11.8. The Labute approximate surface area is 126 Å². The van der Waals surface area contributed by atoms with Gasteiger partial charge in [0.15, 0.2) is 0 Å². The van der Waals surface area contributed by atoms with E-state index >= 15 is 0 Å². The Morgan fingerprint density at radius 1 is 1.64 bits per heavy atom. The summed E-state index contributed by atoms with van der Waals surface area (Å²) in [6, 6.07) is 1.42. The lowest BCUT2D eigenvalue weighted by Crippen LogP contribution is -2.28.